The van der Waals surface area contributed by atoms with Gasteiger partial charge >= 0.3 is 0 Å². The van der Waals surface area contributed by atoms with Gasteiger partial charge in [-0.2, -0.15) is 12.6 Å². The largest absolute Gasteiger partial charge is 0.341 e. The lowest BCUT2D eigenvalue weighted by atomic mass is 10.1. The van der Waals surface area contributed by atoms with Gasteiger partial charge in [-0.3, -0.25) is 4.79 Å². The fourth-order valence-electron chi connectivity index (χ4n) is 1.75. The smallest absolute Gasteiger partial charge is 0.235 e. The number of amides is 1. The third-order valence-corrected chi connectivity index (χ3v) is 5.56. The summed E-state index contributed by atoms with van der Waals surface area (Å²) < 4.78 is 22.6. The van der Waals surface area contributed by atoms with Crippen LogP contribution in [0.15, 0.2) is 0 Å². The van der Waals surface area contributed by atoms with Crippen molar-refractivity contribution in [2.45, 2.75) is 31.6 Å². The Labute approximate surface area is 103 Å². The molecule has 0 aromatic carbocycles. The molecule has 6 heteroatoms. The van der Waals surface area contributed by atoms with E-state index in [4.69, 9.17) is 0 Å². The second-order valence-electron chi connectivity index (χ2n) is 4.69. The summed E-state index contributed by atoms with van der Waals surface area (Å²) >= 11 is 4.25. The summed E-state index contributed by atoms with van der Waals surface area (Å²) in [6.45, 7) is 3.85. The summed E-state index contributed by atoms with van der Waals surface area (Å²) in [5, 5.41) is -0.353. The maximum atomic E-state index is 11.9. The van der Waals surface area contributed by atoms with Crippen molar-refractivity contribution in [3.05, 3.63) is 0 Å². The topological polar surface area (TPSA) is 54.5 Å². The zero-order valence-corrected chi connectivity index (χ0v) is 11.6. The van der Waals surface area contributed by atoms with Gasteiger partial charge in [0.25, 0.3) is 0 Å². The zero-order chi connectivity index (χ0) is 12.5. The van der Waals surface area contributed by atoms with Crippen molar-refractivity contribution in [2.75, 3.05) is 18.6 Å². The number of nitrogens with zero attached hydrogens (tertiary/aromatic N) is 1. The van der Waals surface area contributed by atoms with Crippen LogP contribution < -0.4 is 0 Å². The van der Waals surface area contributed by atoms with Crippen molar-refractivity contribution in [2.24, 2.45) is 5.92 Å². The van der Waals surface area contributed by atoms with Crippen molar-refractivity contribution in [3.8, 4) is 0 Å². The quantitative estimate of drug-likeness (QED) is 0.760. The number of rotatable bonds is 3. The van der Waals surface area contributed by atoms with Crippen LogP contribution >= 0.6 is 12.6 Å². The van der Waals surface area contributed by atoms with Gasteiger partial charge < -0.3 is 4.90 Å². The van der Waals surface area contributed by atoms with Gasteiger partial charge in [-0.25, -0.2) is 8.42 Å². The molecule has 1 aliphatic rings. The molecule has 0 bridgehead atoms. The van der Waals surface area contributed by atoms with E-state index in [2.05, 4.69) is 12.6 Å². The lowest BCUT2D eigenvalue weighted by Gasteiger charge is -2.27. The molecule has 1 heterocycles. The van der Waals surface area contributed by atoms with E-state index >= 15 is 0 Å². The molecular weight excluding hydrogens is 246 g/mol. The number of sulfone groups is 1. The first-order valence-corrected chi connectivity index (χ1v) is 7.73. The van der Waals surface area contributed by atoms with Gasteiger partial charge in [-0.1, -0.05) is 13.8 Å². The number of thiol groups is 1. The van der Waals surface area contributed by atoms with E-state index < -0.39 is 9.84 Å². The van der Waals surface area contributed by atoms with Gasteiger partial charge in [-0.05, 0) is 12.3 Å². The second kappa shape index (κ2) is 4.96. The van der Waals surface area contributed by atoms with Crippen molar-refractivity contribution >= 4 is 28.4 Å². The Hall–Kier alpha value is -0.230. The van der Waals surface area contributed by atoms with E-state index in [0.717, 1.165) is 0 Å². The Morgan fingerprint density at radius 1 is 1.44 bits per heavy atom. The van der Waals surface area contributed by atoms with Gasteiger partial charge in [-0.15, -0.1) is 0 Å². The molecule has 0 saturated carbocycles. The van der Waals surface area contributed by atoms with Crippen LogP contribution in [0.2, 0.25) is 0 Å². The molecule has 1 saturated heterocycles. The van der Waals surface area contributed by atoms with Gasteiger partial charge in [0.05, 0.1) is 16.8 Å². The molecule has 4 nitrogen and oxygen atoms in total. The number of carbonyl (C=O) groups excluding carboxylic acids is 1. The molecule has 94 valence electrons. The van der Waals surface area contributed by atoms with Crippen molar-refractivity contribution in [1.29, 1.82) is 0 Å². The minimum absolute atomic E-state index is 0.0829. The molecule has 1 fully saturated rings. The van der Waals surface area contributed by atoms with Crippen LogP contribution in [-0.2, 0) is 14.6 Å². The number of hydrogen-bond acceptors (Lipinski definition) is 4. The monoisotopic (exact) mass is 265 g/mol. The van der Waals surface area contributed by atoms with Crippen LogP contribution in [-0.4, -0.2) is 49.1 Å². The molecule has 0 N–H and O–H groups in total. The van der Waals surface area contributed by atoms with E-state index in [1.54, 1.807) is 11.9 Å². The highest BCUT2D eigenvalue weighted by molar-refractivity contribution is 7.91. The van der Waals surface area contributed by atoms with Crippen molar-refractivity contribution < 1.29 is 13.2 Å². The average molecular weight is 265 g/mol. The highest BCUT2D eigenvalue weighted by atomic mass is 32.2. The summed E-state index contributed by atoms with van der Waals surface area (Å²) in [5.41, 5.74) is 0. The summed E-state index contributed by atoms with van der Waals surface area (Å²) in [7, 11) is -1.27. The summed E-state index contributed by atoms with van der Waals surface area (Å²) in [5.74, 6) is 0.346. The van der Waals surface area contributed by atoms with Gasteiger partial charge in [0.2, 0.25) is 5.91 Å². The third-order valence-electron chi connectivity index (χ3n) is 2.99. The van der Waals surface area contributed by atoms with Gasteiger partial charge in [0.1, 0.15) is 0 Å². The lowest BCUT2D eigenvalue weighted by Crippen LogP contribution is -2.43. The Kier molecular flexibility index (Phi) is 4.29. The van der Waals surface area contributed by atoms with Crippen LogP contribution in [0, 0.1) is 5.92 Å². The highest BCUT2D eigenvalue weighted by Crippen LogP contribution is 2.20. The summed E-state index contributed by atoms with van der Waals surface area (Å²) in [6.07, 6.45) is 0.545. The number of carbonyl (C=O) groups is 1. The highest BCUT2D eigenvalue weighted by Gasteiger charge is 2.34. The summed E-state index contributed by atoms with van der Waals surface area (Å²) in [4.78, 5) is 13.5. The minimum atomic E-state index is -2.94. The molecule has 2 unspecified atom stereocenters. The van der Waals surface area contributed by atoms with E-state index in [0.29, 0.717) is 6.42 Å². The van der Waals surface area contributed by atoms with Gasteiger partial charge in [0, 0.05) is 13.1 Å². The predicted octanol–water partition coefficient (Wildman–Crippen LogP) is 0.586. The molecule has 1 amide bonds. The fourth-order valence-corrected chi connectivity index (χ4v) is 3.71. The van der Waals surface area contributed by atoms with Gasteiger partial charge in [0.15, 0.2) is 9.84 Å². The second-order valence-corrected chi connectivity index (χ2v) is 7.48. The average Bonchev–Trinajstić information content (AvgIpc) is 2.55. The van der Waals surface area contributed by atoms with Crippen LogP contribution in [0.4, 0.5) is 0 Å². The molecular formula is C10H19NO3S2. The third kappa shape index (κ3) is 3.13. The molecule has 2 atom stereocenters. The van der Waals surface area contributed by atoms with E-state index in [9.17, 15) is 13.2 Å². The first-order chi connectivity index (χ1) is 7.24. The minimum Gasteiger partial charge on any atom is -0.341 e. The molecule has 0 radical (unpaired) electrons. The van der Waals surface area contributed by atoms with Crippen molar-refractivity contribution in [1.82, 2.24) is 4.90 Å². The first-order valence-electron chi connectivity index (χ1n) is 5.40. The van der Waals surface area contributed by atoms with E-state index in [1.165, 1.54) is 0 Å². The number of hydrogen-bond donors (Lipinski definition) is 1. The maximum Gasteiger partial charge on any atom is 0.235 e. The zero-order valence-electron chi connectivity index (χ0n) is 9.88. The first kappa shape index (κ1) is 13.8. The van der Waals surface area contributed by atoms with Crippen molar-refractivity contribution in [3.63, 3.8) is 0 Å². The Balaban J connectivity index is 2.66. The maximum absolute atomic E-state index is 11.9. The van der Waals surface area contributed by atoms with Crippen LogP contribution in [0.1, 0.15) is 20.3 Å². The van der Waals surface area contributed by atoms with E-state index in [1.807, 2.05) is 13.8 Å². The van der Waals surface area contributed by atoms with E-state index in [-0.39, 0.29) is 34.6 Å². The molecule has 1 rings (SSSR count). The van der Waals surface area contributed by atoms with Crippen LogP contribution in [0.25, 0.3) is 0 Å². The molecule has 16 heavy (non-hydrogen) atoms. The van der Waals surface area contributed by atoms with Crippen LogP contribution in [0.3, 0.4) is 0 Å². The molecule has 0 aromatic heterocycles. The fraction of sp³-hybridized carbons (Fsp3) is 0.900. The predicted molar refractivity (Wildman–Crippen MR) is 67.4 cm³/mol. The Morgan fingerprint density at radius 3 is 2.38 bits per heavy atom. The SMILES string of the molecule is CC(C)C(S)C(=O)N(C)C1CCS(=O)(=O)C1. The Bertz CT molecular complexity index is 364. The normalized spacial score (nSPS) is 25.7. The lowest BCUT2D eigenvalue weighted by molar-refractivity contribution is -0.131. The summed E-state index contributed by atoms with van der Waals surface area (Å²) in [6, 6.07) is -0.175. The molecule has 0 aromatic rings. The standard InChI is InChI=1S/C10H19NO3S2/c1-7(2)9(15)10(12)11(3)8-4-5-16(13,14)6-8/h7-9,15H,4-6H2,1-3H3. The molecule has 0 aliphatic carbocycles. The molecule has 1 aliphatic heterocycles. The molecule has 0 spiro atoms. The van der Waals surface area contributed by atoms with Crippen LogP contribution in [0.5, 0.6) is 0 Å². The Morgan fingerprint density at radius 2 is 2.00 bits per heavy atom.